The third-order valence-electron chi connectivity index (χ3n) is 2.29. The van der Waals surface area contributed by atoms with Crippen LogP contribution in [-0.4, -0.2) is 65.7 Å². The maximum Gasteiger partial charge on any atom is 0.216 e. The quantitative estimate of drug-likeness (QED) is 0.224. The van der Waals surface area contributed by atoms with E-state index in [9.17, 15) is 0 Å². The van der Waals surface area contributed by atoms with Crippen molar-refractivity contribution in [3.63, 3.8) is 0 Å². The molecule has 2 unspecified atom stereocenters. The van der Waals surface area contributed by atoms with Gasteiger partial charge in [0.25, 0.3) is 0 Å². The van der Waals surface area contributed by atoms with E-state index in [0.29, 0.717) is 33.0 Å². The molecule has 104 valence electrons. The number of rotatable bonds is 12. The van der Waals surface area contributed by atoms with Gasteiger partial charge in [0.15, 0.2) is 0 Å². The average molecular weight is 259 g/mol. The molecular formula is C12H21NO5. The summed E-state index contributed by atoms with van der Waals surface area (Å²) in [5, 5.41) is 0. The molecule has 18 heavy (non-hydrogen) atoms. The van der Waals surface area contributed by atoms with Crippen molar-refractivity contribution in [2.24, 2.45) is 0 Å². The number of epoxide rings is 1. The second kappa shape index (κ2) is 10.2. The van der Waals surface area contributed by atoms with Gasteiger partial charge < -0.3 is 28.5 Å². The van der Waals surface area contributed by atoms with Crippen LogP contribution in [0.15, 0.2) is 0 Å². The minimum absolute atomic E-state index is 0.142. The average Bonchev–Trinajstić information content (AvgIpc) is 3.19. The van der Waals surface area contributed by atoms with Gasteiger partial charge >= 0.3 is 0 Å². The zero-order valence-electron chi connectivity index (χ0n) is 10.8. The molecule has 1 rings (SSSR count). The molecule has 0 aromatic rings. The molecule has 0 radical (unpaired) electrons. The number of methoxy groups -OCH3 is 1. The first kappa shape index (κ1) is 15.3. The molecule has 1 aliphatic rings. The smallest absolute Gasteiger partial charge is 0.216 e. The molecule has 1 saturated heterocycles. The van der Waals surface area contributed by atoms with Crippen LogP contribution in [0.1, 0.15) is 6.42 Å². The topological polar surface area (TPSA) is 53.8 Å². The van der Waals surface area contributed by atoms with Gasteiger partial charge in [0.05, 0.1) is 33.0 Å². The Hall–Kier alpha value is -0.710. The highest BCUT2D eigenvalue weighted by atomic mass is 16.7. The lowest BCUT2D eigenvalue weighted by Gasteiger charge is -2.17. The molecule has 1 heterocycles. The van der Waals surface area contributed by atoms with Crippen molar-refractivity contribution >= 4 is 0 Å². The van der Waals surface area contributed by atoms with Crippen molar-refractivity contribution in [3.8, 4) is 0 Å². The standard InChI is InChI=1S/C12H21NO5/c1-13-4-3-5-15-6-11(18-10-14-2)7-16-8-12-9-17-12/h11-12H,3-10H2,2H3. The minimum Gasteiger partial charge on any atom is -0.378 e. The fraction of sp³-hybridized carbons (Fsp3) is 0.917. The fourth-order valence-corrected chi connectivity index (χ4v) is 1.26. The highest BCUT2D eigenvalue weighted by Crippen LogP contribution is 2.09. The van der Waals surface area contributed by atoms with Crippen LogP contribution in [-0.2, 0) is 23.7 Å². The largest absolute Gasteiger partial charge is 0.378 e. The molecule has 0 aromatic carbocycles. The molecule has 0 amide bonds. The number of ether oxygens (including phenoxy) is 5. The van der Waals surface area contributed by atoms with Gasteiger partial charge in [0.2, 0.25) is 6.54 Å². The highest BCUT2D eigenvalue weighted by molar-refractivity contribution is 4.68. The van der Waals surface area contributed by atoms with E-state index in [2.05, 4.69) is 4.85 Å². The second-order valence-corrected chi connectivity index (χ2v) is 4.00. The molecule has 1 fully saturated rings. The van der Waals surface area contributed by atoms with E-state index in [0.717, 1.165) is 13.0 Å². The monoisotopic (exact) mass is 259 g/mol. The molecular weight excluding hydrogens is 238 g/mol. The van der Waals surface area contributed by atoms with Crippen molar-refractivity contribution in [2.75, 3.05) is 53.5 Å². The third kappa shape index (κ3) is 8.39. The van der Waals surface area contributed by atoms with Gasteiger partial charge in [0.1, 0.15) is 19.0 Å². The SMILES string of the molecule is [C-]#[N+]CCCOCC(COCC1CO1)OCOC. The van der Waals surface area contributed by atoms with Gasteiger partial charge in [-0.3, -0.25) is 0 Å². The van der Waals surface area contributed by atoms with Crippen molar-refractivity contribution < 1.29 is 23.7 Å². The summed E-state index contributed by atoms with van der Waals surface area (Å²) < 4.78 is 26.2. The molecule has 6 nitrogen and oxygen atoms in total. The third-order valence-corrected chi connectivity index (χ3v) is 2.29. The van der Waals surface area contributed by atoms with Crippen LogP contribution in [0.2, 0.25) is 0 Å². The lowest BCUT2D eigenvalue weighted by Crippen LogP contribution is -2.27. The van der Waals surface area contributed by atoms with E-state index in [4.69, 9.17) is 30.3 Å². The number of nitrogens with zero attached hydrogens (tertiary/aromatic N) is 1. The zero-order chi connectivity index (χ0) is 13.1. The lowest BCUT2D eigenvalue weighted by molar-refractivity contribution is -0.121. The first-order chi connectivity index (χ1) is 8.86. The summed E-state index contributed by atoms with van der Waals surface area (Å²) in [5.41, 5.74) is 0. The van der Waals surface area contributed by atoms with Gasteiger partial charge in [0, 0.05) is 13.5 Å². The fourth-order valence-electron chi connectivity index (χ4n) is 1.26. The van der Waals surface area contributed by atoms with Gasteiger partial charge in [-0.05, 0) is 0 Å². The van der Waals surface area contributed by atoms with Crippen molar-refractivity contribution in [3.05, 3.63) is 11.4 Å². The van der Waals surface area contributed by atoms with Crippen LogP contribution in [0.5, 0.6) is 0 Å². The van der Waals surface area contributed by atoms with Gasteiger partial charge in [-0.25, -0.2) is 6.57 Å². The maximum absolute atomic E-state index is 6.65. The summed E-state index contributed by atoms with van der Waals surface area (Å²) in [6.07, 6.45) is 0.862. The summed E-state index contributed by atoms with van der Waals surface area (Å²) in [6.45, 7) is 10.2. The summed E-state index contributed by atoms with van der Waals surface area (Å²) in [7, 11) is 1.58. The van der Waals surface area contributed by atoms with E-state index in [-0.39, 0.29) is 19.0 Å². The maximum atomic E-state index is 6.65. The Bertz CT molecular complexity index is 239. The summed E-state index contributed by atoms with van der Waals surface area (Å²) in [6, 6.07) is 0. The Balaban J connectivity index is 2.02. The molecule has 1 aliphatic heterocycles. The lowest BCUT2D eigenvalue weighted by atomic mass is 10.4. The van der Waals surface area contributed by atoms with E-state index in [1.54, 1.807) is 7.11 Å². The van der Waals surface area contributed by atoms with Gasteiger partial charge in [-0.1, -0.05) is 0 Å². The Morgan fingerprint density at radius 3 is 2.83 bits per heavy atom. The van der Waals surface area contributed by atoms with Crippen molar-refractivity contribution in [1.82, 2.24) is 0 Å². The first-order valence-corrected chi connectivity index (χ1v) is 6.07. The first-order valence-electron chi connectivity index (χ1n) is 6.07. The molecule has 0 N–H and O–H groups in total. The summed E-state index contributed by atoms with van der Waals surface area (Å²) in [5.74, 6) is 0. The normalized spacial score (nSPS) is 19.4. The zero-order valence-corrected chi connectivity index (χ0v) is 10.8. The molecule has 0 saturated carbocycles. The van der Waals surface area contributed by atoms with Crippen LogP contribution in [0.3, 0.4) is 0 Å². The summed E-state index contributed by atoms with van der Waals surface area (Å²) >= 11 is 0. The van der Waals surface area contributed by atoms with Crippen molar-refractivity contribution in [1.29, 1.82) is 0 Å². The molecule has 0 aliphatic carbocycles. The minimum atomic E-state index is -0.142. The van der Waals surface area contributed by atoms with E-state index in [1.165, 1.54) is 0 Å². The molecule has 0 spiro atoms. The highest BCUT2D eigenvalue weighted by Gasteiger charge is 2.23. The van der Waals surface area contributed by atoms with Crippen LogP contribution >= 0.6 is 0 Å². The molecule has 0 aromatic heterocycles. The second-order valence-electron chi connectivity index (χ2n) is 4.00. The van der Waals surface area contributed by atoms with Crippen LogP contribution < -0.4 is 0 Å². The Morgan fingerprint density at radius 1 is 1.39 bits per heavy atom. The predicted molar refractivity (Wildman–Crippen MR) is 64.2 cm³/mol. The molecule has 6 heteroatoms. The van der Waals surface area contributed by atoms with Crippen LogP contribution in [0.25, 0.3) is 4.85 Å². The summed E-state index contributed by atoms with van der Waals surface area (Å²) in [4.78, 5) is 3.26. The van der Waals surface area contributed by atoms with E-state index < -0.39 is 0 Å². The van der Waals surface area contributed by atoms with E-state index >= 15 is 0 Å². The van der Waals surface area contributed by atoms with Gasteiger partial charge in [-0.2, -0.15) is 0 Å². The van der Waals surface area contributed by atoms with Crippen LogP contribution in [0.4, 0.5) is 0 Å². The van der Waals surface area contributed by atoms with E-state index in [1.807, 2.05) is 0 Å². The van der Waals surface area contributed by atoms with Crippen molar-refractivity contribution in [2.45, 2.75) is 18.6 Å². The Labute approximate surface area is 108 Å². The number of hydrogen-bond acceptors (Lipinski definition) is 5. The number of hydrogen-bond donors (Lipinski definition) is 0. The predicted octanol–water partition coefficient (Wildman–Crippen LogP) is 0.717. The Kier molecular flexibility index (Phi) is 8.73. The molecule has 0 bridgehead atoms. The van der Waals surface area contributed by atoms with Crippen LogP contribution in [0, 0.1) is 6.57 Å². The molecule has 2 atom stereocenters. The van der Waals surface area contributed by atoms with Gasteiger partial charge in [-0.15, -0.1) is 0 Å². The Morgan fingerprint density at radius 2 is 2.17 bits per heavy atom.